The molecule has 0 aliphatic rings. The molecule has 0 aliphatic carbocycles. The first-order valence-corrected chi connectivity index (χ1v) is 6.35. The molecule has 0 amide bonds. The van der Waals surface area contributed by atoms with Crippen LogP contribution in [0.1, 0.15) is 19.4 Å². The smallest absolute Gasteiger partial charge is 0.171 e. The second-order valence-corrected chi connectivity index (χ2v) is 4.75. The van der Waals surface area contributed by atoms with Gasteiger partial charge in [-0.25, -0.2) is 0 Å². The Hall–Kier alpha value is -1.27. The van der Waals surface area contributed by atoms with Crippen LogP contribution in [0.4, 0.5) is 0 Å². The van der Waals surface area contributed by atoms with Gasteiger partial charge in [-0.2, -0.15) is 0 Å². The number of oxime groups is 1. The third-order valence-corrected chi connectivity index (χ3v) is 2.78. The van der Waals surface area contributed by atoms with Crippen LogP contribution in [0.5, 0.6) is 5.75 Å². The molecule has 18 heavy (non-hydrogen) atoms. The summed E-state index contributed by atoms with van der Waals surface area (Å²) < 4.78 is 11.6. The van der Waals surface area contributed by atoms with E-state index in [2.05, 4.69) is 21.1 Å². The number of rotatable bonds is 6. The Kier molecular flexibility index (Phi) is 5.94. The summed E-state index contributed by atoms with van der Waals surface area (Å²) >= 11 is 3.34. The van der Waals surface area contributed by atoms with Gasteiger partial charge in [-0.3, -0.25) is 0 Å². The molecular weight excluding hydrogens is 300 g/mol. The van der Waals surface area contributed by atoms with E-state index in [-0.39, 0.29) is 11.9 Å². The molecule has 1 aromatic rings. The van der Waals surface area contributed by atoms with Crippen molar-refractivity contribution in [3.8, 4) is 5.75 Å². The minimum Gasteiger partial charge on any atom is -0.491 e. The van der Waals surface area contributed by atoms with Gasteiger partial charge in [0, 0.05) is 10.0 Å². The summed E-state index contributed by atoms with van der Waals surface area (Å²) in [4.78, 5) is 0. The molecule has 3 N–H and O–H groups in total. The number of hydrogen-bond acceptors (Lipinski definition) is 4. The first-order valence-electron chi connectivity index (χ1n) is 5.56. The van der Waals surface area contributed by atoms with Crippen molar-refractivity contribution in [2.75, 3.05) is 13.2 Å². The average Bonchev–Trinajstić information content (AvgIpc) is 2.33. The van der Waals surface area contributed by atoms with E-state index in [4.69, 9.17) is 20.4 Å². The highest BCUT2D eigenvalue weighted by atomic mass is 79.9. The van der Waals surface area contributed by atoms with Gasteiger partial charge in [0.05, 0.1) is 12.7 Å². The number of nitrogens with two attached hydrogens (primary N) is 1. The molecule has 0 fully saturated rings. The zero-order chi connectivity index (χ0) is 13.5. The number of nitrogens with zero attached hydrogens (tertiary/aromatic N) is 1. The van der Waals surface area contributed by atoms with Crippen LogP contribution in [0.3, 0.4) is 0 Å². The van der Waals surface area contributed by atoms with Gasteiger partial charge in [0.1, 0.15) is 12.4 Å². The molecule has 0 spiro atoms. The topological polar surface area (TPSA) is 77.1 Å². The monoisotopic (exact) mass is 316 g/mol. The van der Waals surface area contributed by atoms with Gasteiger partial charge >= 0.3 is 0 Å². The quantitative estimate of drug-likeness (QED) is 0.278. The van der Waals surface area contributed by atoms with E-state index >= 15 is 0 Å². The second-order valence-electron chi connectivity index (χ2n) is 3.89. The molecule has 0 aliphatic heterocycles. The highest BCUT2D eigenvalue weighted by Gasteiger charge is 2.06. The van der Waals surface area contributed by atoms with Gasteiger partial charge in [0.15, 0.2) is 5.84 Å². The zero-order valence-electron chi connectivity index (χ0n) is 10.4. The standard InChI is InChI=1S/C12H17BrN2O3/c1-8(2)17-5-6-18-9-3-4-10(11(13)7-9)12(14)15-16/h3-4,7-8,16H,5-6H2,1-2H3,(H2,14,15). The zero-order valence-corrected chi connectivity index (χ0v) is 12.0. The normalized spacial score (nSPS) is 11.9. The molecule has 6 heteroatoms. The fraction of sp³-hybridized carbons (Fsp3) is 0.417. The summed E-state index contributed by atoms with van der Waals surface area (Å²) in [6.45, 7) is 4.97. The Morgan fingerprint density at radius 1 is 1.44 bits per heavy atom. The van der Waals surface area contributed by atoms with Crippen molar-refractivity contribution >= 4 is 21.8 Å². The minimum atomic E-state index is 0.0524. The van der Waals surface area contributed by atoms with E-state index in [0.29, 0.717) is 29.0 Å². The summed E-state index contributed by atoms with van der Waals surface area (Å²) in [7, 11) is 0. The van der Waals surface area contributed by atoms with Crippen LogP contribution in [-0.4, -0.2) is 30.4 Å². The predicted octanol–water partition coefficient (Wildman–Crippen LogP) is 2.35. The van der Waals surface area contributed by atoms with Gasteiger partial charge in [-0.15, -0.1) is 0 Å². The number of amidine groups is 1. The number of ether oxygens (including phenoxy) is 2. The molecule has 0 unspecified atom stereocenters. The third kappa shape index (κ3) is 4.54. The van der Waals surface area contributed by atoms with Crippen molar-refractivity contribution in [2.24, 2.45) is 10.9 Å². The lowest BCUT2D eigenvalue weighted by Gasteiger charge is -2.10. The fourth-order valence-electron chi connectivity index (χ4n) is 1.29. The molecule has 1 aromatic carbocycles. The molecule has 100 valence electrons. The van der Waals surface area contributed by atoms with E-state index in [1.54, 1.807) is 18.2 Å². The van der Waals surface area contributed by atoms with Gasteiger partial charge < -0.3 is 20.4 Å². The maximum absolute atomic E-state index is 8.60. The van der Waals surface area contributed by atoms with Gasteiger partial charge in [-0.05, 0) is 48.0 Å². The summed E-state index contributed by atoms with van der Waals surface area (Å²) in [6.07, 6.45) is 0.197. The highest BCUT2D eigenvalue weighted by molar-refractivity contribution is 9.10. The first-order chi connectivity index (χ1) is 8.54. The Balaban J connectivity index is 2.57. The Bertz CT molecular complexity index is 422. The number of halogens is 1. The minimum absolute atomic E-state index is 0.0524. The summed E-state index contributed by atoms with van der Waals surface area (Å²) in [5, 5.41) is 11.5. The number of benzene rings is 1. The maximum Gasteiger partial charge on any atom is 0.171 e. The van der Waals surface area contributed by atoms with Gasteiger partial charge in [0.25, 0.3) is 0 Å². The van der Waals surface area contributed by atoms with Crippen molar-refractivity contribution in [2.45, 2.75) is 20.0 Å². The maximum atomic E-state index is 8.60. The van der Waals surface area contributed by atoms with Crippen LogP contribution in [0.25, 0.3) is 0 Å². The second kappa shape index (κ2) is 7.23. The fourth-order valence-corrected chi connectivity index (χ4v) is 1.85. The lowest BCUT2D eigenvalue weighted by Crippen LogP contribution is -2.14. The van der Waals surface area contributed by atoms with Crippen LogP contribution >= 0.6 is 15.9 Å². The van der Waals surface area contributed by atoms with E-state index < -0.39 is 0 Å². The molecule has 5 nitrogen and oxygen atoms in total. The van der Waals surface area contributed by atoms with Crippen LogP contribution < -0.4 is 10.5 Å². The van der Waals surface area contributed by atoms with Crippen molar-refractivity contribution < 1.29 is 14.7 Å². The van der Waals surface area contributed by atoms with Crippen LogP contribution in [0.15, 0.2) is 27.8 Å². The van der Waals surface area contributed by atoms with E-state index in [1.807, 2.05) is 13.8 Å². The molecule has 1 rings (SSSR count). The third-order valence-electron chi connectivity index (χ3n) is 2.13. The van der Waals surface area contributed by atoms with Gasteiger partial charge in [-0.1, -0.05) is 5.16 Å². The Morgan fingerprint density at radius 2 is 2.17 bits per heavy atom. The molecule has 0 saturated carbocycles. The molecular formula is C12H17BrN2O3. The van der Waals surface area contributed by atoms with Crippen LogP contribution in [-0.2, 0) is 4.74 Å². The average molecular weight is 317 g/mol. The summed E-state index contributed by atoms with van der Waals surface area (Å²) in [5.41, 5.74) is 6.12. The van der Waals surface area contributed by atoms with Crippen molar-refractivity contribution in [3.63, 3.8) is 0 Å². The molecule has 0 heterocycles. The van der Waals surface area contributed by atoms with Crippen molar-refractivity contribution in [3.05, 3.63) is 28.2 Å². The van der Waals surface area contributed by atoms with Crippen molar-refractivity contribution in [1.82, 2.24) is 0 Å². The van der Waals surface area contributed by atoms with Crippen LogP contribution in [0.2, 0.25) is 0 Å². The van der Waals surface area contributed by atoms with E-state index in [9.17, 15) is 0 Å². The predicted molar refractivity (Wildman–Crippen MR) is 73.2 cm³/mol. The van der Waals surface area contributed by atoms with Crippen molar-refractivity contribution in [1.29, 1.82) is 0 Å². The lowest BCUT2D eigenvalue weighted by molar-refractivity contribution is 0.0552. The van der Waals surface area contributed by atoms with E-state index in [0.717, 1.165) is 0 Å². The summed E-state index contributed by atoms with van der Waals surface area (Å²) in [5.74, 6) is 0.750. The summed E-state index contributed by atoms with van der Waals surface area (Å²) in [6, 6.07) is 5.24. The molecule has 0 aromatic heterocycles. The molecule has 0 saturated heterocycles. The molecule has 0 atom stereocenters. The van der Waals surface area contributed by atoms with Gasteiger partial charge in [0.2, 0.25) is 0 Å². The Labute approximate surface area is 115 Å². The highest BCUT2D eigenvalue weighted by Crippen LogP contribution is 2.22. The first kappa shape index (κ1) is 14.8. The van der Waals surface area contributed by atoms with E-state index in [1.165, 1.54) is 0 Å². The number of hydrogen-bond donors (Lipinski definition) is 2. The molecule has 0 radical (unpaired) electrons. The molecule has 0 bridgehead atoms. The Morgan fingerprint density at radius 3 is 2.72 bits per heavy atom. The van der Waals surface area contributed by atoms with Crippen LogP contribution in [0, 0.1) is 0 Å². The largest absolute Gasteiger partial charge is 0.491 e. The lowest BCUT2D eigenvalue weighted by atomic mass is 10.2. The SMILES string of the molecule is CC(C)OCCOc1ccc(/C(N)=N/O)c(Br)c1.